The third-order valence-corrected chi connectivity index (χ3v) is 7.08. The Kier molecular flexibility index (Phi) is 5.49. The summed E-state index contributed by atoms with van der Waals surface area (Å²) in [4.78, 5) is 14.0. The molecular weight excluding hydrogens is 300 g/mol. The van der Waals surface area contributed by atoms with Crippen LogP contribution in [0.2, 0.25) is 0 Å². The average molecular weight is 325 g/mol. The van der Waals surface area contributed by atoms with Gasteiger partial charge in [-0.1, -0.05) is 6.42 Å². The predicted octanol–water partition coefficient (Wildman–Crippen LogP) is 0.961. The first-order chi connectivity index (χ1) is 8.73. The SMILES string of the molecule is CC1(C)CN(C(=O)C[C@@H]2CCC[C@H]2N)CCS1(=O)=O.Cl. The minimum atomic E-state index is -3.08. The Hall–Kier alpha value is -0.330. The van der Waals surface area contributed by atoms with E-state index in [4.69, 9.17) is 5.73 Å². The van der Waals surface area contributed by atoms with Crippen LogP contribution >= 0.6 is 12.4 Å². The topological polar surface area (TPSA) is 80.5 Å². The highest BCUT2D eigenvalue weighted by Gasteiger charge is 2.42. The van der Waals surface area contributed by atoms with E-state index >= 15 is 0 Å². The van der Waals surface area contributed by atoms with Crippen LogP contribution in [-0.2, 0) is 14.6 Å². The number of nitrogens with zero attached hydrogens (tertiary/aromatic N) is 1. The van der Waals surface area contributed by atoms with Crippen molar-refractivity contribution >= 4 is 28.2 Å². The van der Waals surface area contributed by atoms with Gasteiger partial charge in [-0.2, -0.15) is 0 Å². The summed E-state index contributed by atoms with van der Waals surface area (Å²) in [6.45, 7) is 4.02. The van der Waals surface area contributed by atoms with E-state index < -0.39 is 14.6 Å². The molecule has 1 saturated carbocycles. The van der Waals surface area contributed by atoms with Crippen molar-refractivity contribution < 1.29 is 13.2 Å². The summed E-state index contributed by atoms with van der Waals surface area (Å²) in [5.74, 6) is 0.405. The van der Waals surface area contributed by atoms with Crippen LogP contribution in [0, 0.1) is 5.92 Å². The zero-order chi connectivity index (χ0) is 14.3. The highest BCUT2D eigenvalue weighted by molar-refractivity contribution is 7.92. The van der Waals surface area contributed by atoms with Crippen LogP contribution in [0.3, 0.4) is 0 Å². The molecule has 2 aliphatic rings. The smallest absolute Gasteiger partial charge is 0.222 e. The molecule has 0 aromatic carbocycles. The minimum Gasteiger partial charge on any atom is -0.340 e. The number of nitrogens with two attached hydrogens (primary N) is 1. The Morgan fingerprint density at radius 2 is 2.00 bits per heavy atom. The van der Waals surface area contributed by atoms with Gasteiger partial charge in [0.05, 0.1) is 10.5 Å². The Balaban J connectivity index is 0.00000200. The average Bonchev–Trinajstić information content (AvgIpc) is 2.68. The van der Waals surface area contributed by atoms with Gasteiger partial charge < -0.3 is 10.6 Å². The normalized spacial score (nSPS) is 31.6. The monoisotopic (exact) mass is 324 g/mol. The number of hydrogen-bond donors (Lipinski definition) is 1. The van der Waals surface area contributed by atoms with Gasteiger partial charge in [-0.25, -0.2) is 8.42 Å². The van der Waals surface area contributed by atoms with E-state index in [9.17, 15) is 13.2 Å². The summed E-state index contributed by atoms with van der Waals surface area (Å²) in [7, 11) is -3.08. The van der Waals surface area contributed by atoms with Gasteiger partial charge in [0.25, 0.3) is 0 Å². The quantitative estimate of drug-likeness (QED) is 0.820. The van der Waals surface area contributed by atoms with Crippen LogP contribution < -0.4 is 5.73 Å². The molecule has 0 bridgehead atoms. The molecule has 0 unspecified atom stereocenters. The fourth-order valence-corrected chi connectivity index (χ4v) is 4.39. The van der Waals surface area contributed by atoms with Crippen LogP contribution in [0.1, 0.15) is 39.5 Å². The molecule has 2 N–H and O–H groups in total. The molecular formula is C13H25ClN2O3S. The van der Waals surface area contributed by atoms with Crippen molar-refractivity contribution in [2.75, 3.05) is 18.8 Å². The van der Waals surface area contributed by atoms with E-state index in [1.165, 1.54) is 0 Å². The maximum absolute atomic E-state index is 12.3. The fourth-order valence-electron chi connectivity index (χ4n) is 3.03. The Labute approximate surface area is 127 Å². The number of carbonyl (C=O) groups excluding carboxylic acids is 1. The third-order valence-electron chi connectivity index (χ3n) is 4.55. The summed E-state index contributed by atoms with van der Waals surface area (Å²) in [6, 6.07) is 0.130. The predicted molar refractivity (Wildman–Crippen MR) is 81.6 cm³/mol. The molecule has 1 aliphatic heterocycles. The number of halogens is 1. The first kappa shape index (κ1) is 17.7. The van der Waals surface area contributed by atoms with Crippen LogP contribution in [0.5, 0.6) is 0 Å². The Morgan fingerprint density at radius 1 is 1.35 bits per heavy atom. The molecule has 2 rings (SSSR count). The summed E-state index contributed by atoms with van der Waals surface area (Å²) >= 11 is 0. The van der Waals surface area contributed by atoms with Gasteiger partial charge in [0.15, 0.2) is 9.84 Å². The lowest BCUT2D eigenvalue weighted by atomic mass is 9.99. The number of hydrogen-bond acceptors (Lipinski definition) is 4. The van der Waals surface area contributed by atoms with E-state index in [0.29, 0.717) is 19.5 Å². The highest BCUT2D eigenvalue weighted by atomic mass is 35.5. The van der Waals surface area contributed by atoms with Gasteiger partial charge in [-0.3, -0.25) is 4.79 Å². The molecule has 20 heavy (non-hydrogen) atoms. The molecule has 0 aromatic rings. The molecule has 0 radical (unpaired) electrons. The van der Waals surface area contributed by atoms with Crippen molar-refractivity contribution in [1.29, 1.82) is 0 Å². The highest BCUT2D eigenvalue weighted by Crippen LogP contribution is 2.29. The van der Waals surface area contributed by atoms with Crippen molar-refractivity contribution in [3.8, 4) is 0 Å². The molecule has 2 fully saturated rings. The van der Waals surface area contributed by atoms with Gasteiger partial charge in [-0.05, 0) is 32.6 Å². The first-order valence-corrected chi connectivity index (χ1v) is 8.64. The van der Waals surface area contributed by atoms with E-state index in [2.05, 4.69) is 0 Å². The standard InChI is InChI=1S/C13H24N2O3S.ClH/c1-13(2)9-15(6-7-19(13,17)18)12(16)8-10-4-3-5-11(10)14;/h10-11H,3-9,14H2,1-2H3;1H/t10-,11+;/m0./s1. The van der Waals surface area contributed by atoms with Crippen molar-refractivity contribution in [3.63, 3.8) is 0 Å². The van der Waals surface area contributed by atoms with Crippen molar-refractivity contribution in [2.24, 2.45) is 11.7 Å². The van der Waals surface area contributed by atoms with Gasteiger partial charge in [0.2, 0.25) is 5.91 Å². The van der Waals surface area contributed by atoms with Crippen molar-refractivity contribution in [1.82, 2.24) is 4.90 Å². The molecule has 1 saturated heterocycles. The Morgan fingerprint density at radius 3 is 2.50 bits per heavy atom. The zero-order valence-corrected chi connectivity index (χ0v) is 13.8. The number of amides is 1. The lowest BCUT2D eigenvalue weighted by Crippen LogP contribution is -2.55. The van der Waals surface area contributed by atoms with E-state index in [1.54, 1.807) is 18.7 Å². The largest absolute Gasteiger partial charge is 0.340 e. The lowest BCUT2D eigenvalue weighted by Gasteiger charge is -2.38. The van der Waals surface area contributed by atoms with Crippen LogP contribution in [0.15, 0.2) is 0 Å². The molecule has 118 valence electrons. The minimum absolute atomic E-state index is 0. The second-order valence-corrected chi connectivity index (χ2v) is 9.20. The van der Waals surface area contributed by atoms with Crippen LogP contribution in [0.4, 0.5) is 0 Å². The maximum atomic E-state index is 12.3. The van der Waals surface area contributed by atoms with E-state index in [1.807, 2.05) is 0 Å². The second kappa shape index (κ2) is 6.20. The van der Waals surface area contributed by atoms with Crippen molar-refractivity contribution in [3.05, 3.63) is 0 Å². The molecule has 1 amide bonds. The summed E-state index contributed by atoms with van der Waals surface area (Å²) < 4.78 is 23.0. The number of rotatable bonds is 2. The molecule has 1 heterocycles. The summed E-state index contributed by atoms with van der Waals surface area (Å²) in [5, 5.41) is 0. The van der Waals surface area contributed by atoms with Gasteiger partial charge in [-0.15, -0.1) is 12.4 Å². The second-order valence-electron chi connectivity index (χ2n) is 6.45. The number of carbonyl (C=O) groups is 1. The number of sulfone groups is 1. The molecule has 5 nitrogen and oxygen atoms in total. The molecule has 1 aliphatic carbocycles. The lowest BCUT2D eigenvalue weighted by molar-refractivity contribution is -0.132. The third kappa shape index (κ3) is 3.46. The first-order valence-electron chi connectivity index (χ1n) is 6.98. The van der Waals surface area contributed by atoms with Gasteiger partial charge >= 0.3 is 0 Å². The van der Waals surface area contributed by atoms with Gasteiger partial charge in [0, 0.05) is 25.6 Å². The summed E-state index contributed by atoms with van der Waals surface area (Å²) in [6.07, 6.45) is 3.58. The molecule has 0 aromatic heterocycles. The van der Waals surface area contributed by atoms with Crippen molar-refractivity contribution in [2.45, 2.75) is 50.3 Å². The Bertz CT molecular complexity index is 464. The van der Waals surface area contributed by atoms with Crippen LogP contribution in [-0.4, -0.2) is 48.9 Å². The summed E-state index contributed by atoms with van der Waals surface area (Å²) in [5.41, 5.74) is 5.99. The molecule has 0 spiro atoms. The maximum Gasteiger partial charge on any atom is 0.222 e. The van der Waals surface area contributed by atoms with Crippen LogP contribution in [0.25, 0.3) is 0 Å². The fraction of sp³-hybridized carbons (Fsp3) is 0.923. The van der Waals surface area contributed by atoms with E-state index in [0.717, 1.165) is 19.3 Å². The van der Waals surface area contributed by atoms with Gasteiger partial charge in [0.1, 0.15) is 0 Å². The zero-order valence-electron chi connectivity index (χ0n) is 12.2. The molecule has 7 heteroatoms. The van der Waals surface area contributed by atoms with E-state index in [-0.39, 0.29) is 36.0 Å². The molecule has 2 atom stereocenters.